The van der Waals surface area contributed by atoms with Crippen LogP contribution >= 0.6 is 11.6 Å². The minimum Gasteiger partial charge on any atom is -0.355 e. The van der Waals surface area contributed by atoms with Gasteiger partial charge in [0.1, 0.15) is 12.6 Å². The molecule has 0 fully saturated rings. The Morgan fingerprint density at radius 3 is 2.25 bits per heavy atom. The molecule has 0 aromatic heterocycles. The van der Waals surface area contributed by atoms with Gasteiger partial charge in [-0.1, -0.05) is 65.7 Å². The zero-order valence-electron chi connectivity index (χ0n) is 20.5. The standard InChI is InChI=1S/C27H30ClN3O4S/c1-4-29-27(33)21(3)30(18-22-9-6-5-7-10-22)26(32)19-31(24-12-8-11-23(28)17-24)36(34,35)25-15-13-20(2)14-16-25/h5-17,21H,4,18-19H2,1-3H3,(H,29,33). The van der Waals surface area contributed by atoms with Gasteiger partial charge in [-0.15, -0.1) is 0 Å². The zero-order chi connectivity index (χ0) is 26.3. The number of sulfonamides is 1. The van der Waals surface area contributed by atoms with Crippen molar-refractivity contribution in [2.24, 2.45) is 0 Å². The Kier molecular flexibility index (Phi) is 9.12. The number of anilines is 1. The number of rotatable bonds is 10. The summed E-state index contributed by atoms with van der Waals surface area (Å²) in [5.41, 5.74) is 1.98. The van der Waals surface area contributed by atoms with E-state index < -0.39 is 28.5 Å². The van der Waals surface area contributed by atoms with Gasteiger partial charge in [-0.25, -0.2) is 8.42 Å². The Hall–Kier alpha value is -3.36. The summed E-state index contributed by atoms with van der Waals surface area (Å²) in [7, 11) is -4.12. The molecule has 2 amide bonds. The zero-order valence-corrected chi connectivity index (χ0v) is 22.1. The molecule has 0 heterocycles. The van der Waals surface area contributed by atoms with E-state index in [-0.39, 0.29) is 23.0 Å². The molecule has 7 nitrogen and oxygen atoms in total. The topological polar surface area (TPSA) is 86.8 Å². The number of hydrogen-bond donors (Lipinski definition) is 1. The molecule has 0 aliphatic heterocycles. The number of likely N-dealkylation sites (N-methyl/N-ethyl adjacent to an activating group) is 1. The molecule has 9 heteroatoms. The lowest BCUT2D eigenvalue weighted by Crippen LogP contribution is -2.51. The second kappa shape index (κ2) is 12.1. The van der Waals surface area contributed by atoms with Crippen molar-refractivity contribution in [3.05, 3.63) is 95.0 Å². The van der Waals surface area contributed by atoms with Crippen molar-refractivity contribution >= 4 is 39.1 Å². The van der Waals surface area contributed by atoms with Crippen molar-refractivity contribution in [3.63, 3.8) is 0 Å². The van der Waals surface area contributed by atoms with E-state index in [9.17, 15) is 18.0 Å². The van der Waals surface area contributed by atoms with Crippen LogP contribution in [0.2, 0.25) is 5.02 Å². The fourth-order valence-electron chi connectivity index (χ4n) is 3.68. The third kappa shape index (κ3) is 6.65. The molecule has 1 N–H and O–H groups in total. The molecular weight excluding hydrogens is 498 g/mol. The smallest absolute Gasteiger partial charge is 0.264 e. The highest BCUT2D eigenvalue weighted by Crippen LogP contribution is 2.27. The number of amides is 2. The lowest BCUT2D eigenvalue weighted by molar-refractivity contribution is -0.139. The van der Waals surface area contributed by atoms with Crippen LogP contribution in [0.3, 0.4) is 0 Å². The Morgan fingerprint density at radius 2 is 1.64 bits per heavy atom. The van der Waals surface area contributed by atoms with Gasteiger partial charge in [-0.3, -0.25) is 13.9 Å². The molecule has 1 atom stereocenters. The molecule has 0 bridgehead atoms. The number of carbonyl (C=O) groups is 2. The predicted octanol–water partition coefficient (Wildman–Crippen LogP) is 4.40. The van der Waals surface area contributed by atoms with E-state index in [1.807, 2.05) is 37.3 Å². The highest BCUT2D eigenvalue weighted by Gasteiger charge is 2.32. The molecule has 3 aromatic carbocycles. The summed E-state index contributed by atoms with van der Waals surface area (Å²) >= 11 is 6.17. The van der Waals surface area contributed by atoms with Gasteiger partial charge in [0, 0.05) is 18.1 Å². The van der Waals surface area contributed by atoms with Crippen LogP contribution < -0.4 is 9.62 Å². The molecule has 0 spiro atoms. The molecule has 0 saturated carbocycles. The minimum absolute atomic E-state index is 0.0484. The molecular formula is C27H30ClN3O4S. The van der Waals surface area contributed by atoms with Crippen LogP contribution in [0.5, 0.6) is 0 Å². The largest absolute Gasteiger partial charge is 0.355 e. The quantitative estimate of drug-likeness (QED) is 0.423. The molecule has 190 valence electrons. The van der Waals surface area contributed by atoms with Crippen LogP contribution in [-0.2, 0) is 26.2 Å². The summed E-state index contributed by atoms with van der Waals surface area (Å²) in [5.74, 6) is -0.842. The summed E-state index contributed by atoms with van der Waals surface area (Å²) in [5, 5.41) is 3.07. The number of nitrogens with zero attached hydrogens (tertiary/aromatic N) is 2. The summed E-state index contributed by atoms with van der Waals surface area (Å²) in [6.45, 7) is 5.33. The number of benzene rings is 3. The second-order valence-corrected chi connectivity index (χ2v) is 10.7. The SMILES string of the molecule is CCNC(=O)C(C)N(Cc1ccccc1)C(=O)CN(c1cccc(Cl)c1)S(=O)(=O)c1ccc(C)cc1. The number of carbonyl (C=O) groups excluding carboxylic acids is 2. The second-order valence-electron chi connectivity index (χ2n) is 8.38. The third-order valence-electron chi connectivity index (χ3n) is 5.70. The lowest BCUT2D eigenvalue weighted by Gasteiger charge is -2.32. The van der Waals surface area contributed by atoms with E-state index >= 15 is 0 Å². The van der Waals surface area contributed by atoms with Crippen molar-refractivity contribution in [2.45, 2.75) is 38.3 Å². The van der Waals surface area contributed by atoms with E-state index in [0.29, 0.717) is 11.6 Å². The Morgan fingerprint density at radius 1 is 0.972 bits per heavy atom. The van der Waals surface area contributed by atoms with Crippen molar-refractivity contribution in [1.29, 1.82) is 0 Å². The Labute approximate surface area is 217 Å². The van der Waals surface area contributed by atoms with E-state index in [1.165, 1.54) is 23.1 Å². The van der Waals surface area contributed by atoms with Crippen molar-refractivity contribution in [3.8, 4) is 0 Å². The minimum atomic E-state index is -4.12. The highest BCUT2D eigenvalue weighted by atomic mass is 35.5. The fourth-order valence-corrected chi connectivity index (χ4v) is 5.27. The fraction of sp³-hybridized carbons (Fsp3) is 0.259. The number of aryl methyl sites for hydroxylation is 1. The van der Waals surface area contributed by atoms with Crippen LogP contribution in [0, 0.1) is 6.92 Å². The monoisotopic (exact) mass is 527 g/mol. The van der Waals surface area contributed by atoms with E-state index in [1.54, 1.807) is 44.2 Å². The maximum Gasteiger partial charge on any atom is 0.264 e. The molecule has 3 aromatic rings. The third-order valence-corrected chi connectivity index (χ3v) is 7.72. The average Bonchev–Trinajstić information content (AvgIpc) is 2.86. The molecule has 0 aliphatic carbocycles. The van der Waals surface area contributed by atoms with Crippen LogP contribution in [0.4, 0.5) is 5.69 Å². The first-order valence-electron chi connectivity index (χ1n) is 11.6. The maximum absolute atomic E-state index is 13.7. The van der Waals surface area contributed by atoms with Gasteiger partial charge in [-0.2, -0.15) is 0 Å². The van der Waals surface area contributed by atoms with Gasteiger partial charge in [0.25, 0.3) is 10.0 Å². The Bertz CT molecular complexity index is 1300. The van der Waals surface area contributed by atoms with Crippen LogP contribution in [0.1, 0.15) is 25.0 Å². The molecule has 36 heavy (non-hydrogen) atoms. The molecule has 0 saturated heterocycles. The summed E-state index contributed by atoms with van der Waals surface area (Å²) in [4.78, 5) is 27.8. The molecule has 0 radical (unpaired) electrons. The first-order chi connectivity index (χ1) is 17.1. The molecule has 0 aliphatic rings. The van der Waals surface area contributed by atoms with Gasteiger partial charge in [0.15, 0.2) is 0 Å². The average molecular weight is 528 g/mol. The van der Waals surface area contributed by atoms with Gasteiger partial charge >= 0.3 is 0 Å². The summed E-state index contributed by atoms with van der Waals surface area (Å²) < 4.78 is 28.5. The number of halogens is 1. The van der Waals surface area contributed by atoms with Crippen molar-refractivity contribution in [1.82, 2.24) is 10.2 Å². The molecule has 1 unspecified atom stereocenters. The normalized spacial score (nSPS) is 12.0. The number of hydrogen-bond acceptors (Lipinski definition) is 4. The van der Waals surface area contributed by atoms with E-state index in [0.717, 1.165) is 15.4 Å². The van der Waals surface area contributed by atoms with Gasteiger partial charge in [0.05, 0.1) is 10.6 Å². The highest BCUT2D eigenvalue weighted by molar-refractivity contribution is 7.92. The van der Waals surface area contributed by atoms with E-state index in [2.05, 4.69) is 5.32 Å². The van der Waals surface area contributed by atoms with Crippen LogP contribution in [0.25, 0.3) is 0 Å². The Balaban J connectivity index is 2.02. The molecule has 3 rings (SSSR count). The van der Waals surface area contributed by atoms with Crippen molar-refractivity contribution < 1.29 is 18.0 Å². The summed E-state index contributed by atoms with van der Waals surface area (Å²) in [6, 6.07) is 21.2. The predicted molar refractivity (Wildman–Crippen MR) is 142 cm³/mol. The van der Waals surface area contributed by atoms with Crippen LogP contribution in [0.15, 0.2) is 83.8 Å². The number of nitrogens with one attached hydrogen (secondary N) is 1. The van der Waals surface area contributed by atoms with Gasteiger partial charge < -0.3 is 10.2 Å². The first-order valence-corrected chi connectivity index (χ1v) is 13.4. The van der Waals surface area contributed by atoms with Gasteiger partial charge in [0.2, 0.25) is 11.8 Å². The maximum atomic E-state index is 13.7. The first kappa shape index (κ1) is 27.2. The lowest BCUT2D eigenvalue weighted by atomic mass is 10.1. The van der Waals surface area contributed by atoms with Crippen molar-refractivity contribution in [2.75, 3.05) is 17.4 Å². The summed E-state index contributed by atoms with van der Waals surface area (Å²) in [6.07, 6.45) is 0. The van der Waals surface area contributed by atoms with Gasteiger partial charge in [-0.05, 0) is 56.7 Å². The van der Waals surface area contributed by atoms with Crippen LogP contribution in [-0.4, -0.2) is 44.3 Å². The van der Waals surface area contributed by atoms with E-state index in [4.69, 9.17) is 11.6 Å².